The molecule has 0 spiro atoms. The van der Waals surface area contributed by atoms with E-state index in [9.17, 15) is 4.79 Å². The van der Waals surface area contributed by atoms with Gasteiger partial charge >= 0.3 is 6.03 Å². The molecule has 0 radical (unpaired) electrons. The lowest BCUT2D eigenvalue weighted by molar-refractivity contribution is 0.252. The molecule has 4 rings (SSSR count). The summed E-state index contributed by atoms with van der Waals surface area (Å²) in [6.07, 6.45) is 7.59. The van der Waals surface area contributed by atoms with E-state index >= 15 is 0 Å². The van der Waals surface area contributed by atoms with Crippen molar-refractivity contribution < 1.29 is 4.79 Å². The number of nitrogens with zero attached hydrogens (tertiary/aromatic N) is 4. The number of amides is 2. The molecule has 0 saturated carbocycles. The van der Waals surface area contributed by atoms with E-state index in [0.29, 0.717) is 12.2 Å². The molecular formula is C20H18N6O. The molecular weight excluding hydrogens is 340 g/mol. The van der Waals surface area contributed by atoms with Crippen LogP contribution in [0.3, 0.4) is 0 Å². The zero-order chi connectivity index (χ0) is 18.5. The second kappa shape index (κ2) is 7.65. The third-order valence-corrected chi connectivity index (χ3v) is 4.09. The number of fused-ring (bicyclic) bond motifs is 1. The van der Waals surface area contributed by atoms with Crippen LogP contribution in [0.1, 0.15) is 5.56 Å². The zero-order valence-electron chi connectivity index (χ0n) is 14.5. The molecule has 2 N–H and O–H groups in total. The number of aromatic nitrogens is 4. The Morgan fingerprint density at radius 3 is 2.70 bits per heavy atom. The van der Waals surface area contributed by atoms with Crippen LogP contribution in [0.25, 0.3) is 16.9 Å². The van der Waals surface area contributed by atoms with Crippen LogP contribution in [0.2, 0.25) is 0 Å². The van der Waals surface area contributed by atoms with Gasteiger partial charge in [-0.1, -0.05) is 30.3 Å². The largest absolute Gasteiger partial charge is 0.338 e. The Labute approximate surface area is 156 Å². The lowest BCUT2D eigenvalue weighted by Gasteiger charge is -2.07. The van der Waals surface area contributed by atoms with Gasteiger partial charge in [-0.15, -0.1) is 0 Å². The molecule has 4 aromatic rings. The molecule has 0 atom stereocenters. The van der Waals surface area contributed by atoms with Crippen molar-refractivity contribution in [3.05, 3.63) is 78.9 Å². The van der Waals surface area contributed by atoms with E-state index in [1.165, 1.54) is 0 Å². The maximum Gasteiger partial charge on any atom is 0.319 e. The van der Waals surface area contributed by atoms with Crippen LogP contribution in [0.4, 0.5) is 10.5 Å². The van der Waals surface area contributed by atoms with Crippen molar-refractivity contribution in [1.29, 1.82) is 0 Å². The number of benzene rings is 1. The van der Waals surface area contributed by atoms with E-state index in [4.69, 9.17) is 0 Å². The molecule has 0 fully saturated rings. The van der Waals surface area contributed by atoms with E-state index < -0.39 is 0 Å². The van der Waals surface area contributed by atoms with Crippen LogP contribution in [0.15, 0.2) is 73.3 Å². The van der Waals surface area contributed by atoms with Crippen molar-refractivity contribution in [2.75, 3.05) is 11.9 Å². The molecule has 7 nitrogen and oxygen atoms in total. The number of nitrogens with one attached hydrogen (secondary N) is 2. The van der Waals surface area contributed by atoms with Crippen molar-refractivity contribution in [2.24, 2.45) is 0 Å². The number of rotatable bonds is 5. The summed E-state index contributed by atoms with van der Waals surface area (Å²) < 4.78 is 1.66. The van der Waals surface area contributed by atoms with E-state index in [0.717, 1.165) is 28.9 Å². The van der Waals surface area contributed by atoms with Crippen LogP contribution < -0.4 is 10.6 Å². The van der Waals surface area contributed by atoms with Crippen LogP contribution in [0.5, 0.6) is 0 Å². The fourth-order valence-electron chi connectivity index (χ4n) is 2.74. The Kier molecular flexibility index (Phi) is 4.74. The van der Waals surface area contributed by atoms with Crippen LogP contribution in [-0.4, -0.2) is 32.2 Å². The second-order valence-corrected chi connectivity index (χ2v) is 6.03. The number of carbonyl (C=O) groups is 1. The summed E-state index contributed by atoms with van der Waals surface area (Å²) in [4.78, 5) is 20.4. The zero-order valence-corrected chi connectivity index (χ0v) is 14.5. The van der Waals surface area contributed by atoms with Gasteiger partial charge in [0.2, 0.25) is 0 Å². The normalized spacial score (nSPS) is 10.7. The number of pyridine rings is 1. The quantitative estimate of drug-likeness (QED) is 0.574. The molecule has 1 aromatic carbocycles. The number of hydrogen-bond acceptors (Lipinski definition) is 4. The molecule has 0 aliphatic rings. The van der Waals surface area contributed by atoms with E-state index in [1.54, 1.807) is 29.3 Å². The molecule has 134 valence electrons. The fourth-order valence-corrected chi connectivity index (χ4v) is 2.74. The Morgan fingerprint density at radius 1 is 1.07 bits per heavy atom. The molecule has 0 unspecified atom stereocenters. The summed E-state index contributed by atoms with van der Waals surface area (Å²) in [5.74, 6) is 0. The highest BCUT2D eigenvalue weighted by Gasteiger charge is 2.07. The van der Waals surface area contributed by atoms with Crippen LogP contribution >= 0.6 is 0 Å². The first-order valence-electron chi connectivity index (χ1n) is 8.62. The molecule has 0 bridgehead atoms. The summed E-state index contributed by atoms with van der Waals surface area (Å²) in [6.45, 7) is 0.533. The maximum atomic E-state index is 12.1. The first kappa shape index (κ1) is 16.7. The molecule has 7 heteroatoms. The lowest BCUT2D eigenvalue weighted by Crippen LogP contribution is -2.30. The fraction of sp³-hybridized carbons (Fsp3) is 0.100. The topological polar surface area (TPSA) is 84.2 Å². The van der Waals surface area contributed by atoms with Gasteiger partial charge < -0.3 is 10.6 Å². The highest BCUT2D eigenvalue weighted by atomic mass is 16.2. The SMILES string of the molecule is O=C(NCCc1ccncc1)Nc1cnc2cc(-c3ccccc3)nn2c1. The standard InChI is InChI=1S/C20H18N6O/c27-20(22-11-8-15-6-9-21-10-7-15)24-17-13-23-19-12-18(25-26(19)14-17)16-4-2-1-3-5-16/h1-7,9-10,12-14H,8,11H2,(H2,22,24,27). The van der Waals surface area contributed by atoms with Gasteiger partial charge in [0.05, 0.1) is 23.8 Å². The van der Waals surface area contributed by atoms with Crippen LogP contribution in [-0.2, 0) is 6.42 Å². The Hall–Kier alpha value is -3.74. The van der Waals surface area contributed by atoms with Crippen molar-refractivity contribution >= 4 is 17.4 Å². The monoisotopic (exact) mass is 358 g/mol. The van der Waals surface area contributed by atoms with Gasteiger partial charge in [-0.25, -0.2) is 14.3 Å². The number of urea groups is 1. The minimum atomic E-state index is -0.277. The Balaban J connectivity index is 1.39. The summed E-state index contributed by atoms with van der Waals surface area (Å²) >= 11 is 0. The van der Waals surface area contributed by atoms with Gasteiger partial charge in [-0.3, -0.25) is 4.98 Å². The number of anilines is 1. The number of hydrogen-bond donors (Lipinski definition) is 2. The Morgan fingerprint density at radius 2 is 1.89 bits per heavy atom. The third-order valence-electron chi connectivity index (χ3n) is 4.09. The minimum Gasteiger partial charge on any atom is -0.338 e. The molecule has 2 amide bonds. The Bertz CT molecular complexity index is 1050. The first-order chi connectivity index (χ1) is 13.3. The highest BCUT2D eigenvalue weighted by Crippen LogP contribution is 2.19. The van der Waals surface area contributed by atoms with Crippen molar-refractivity contribution in [1.82, 2.24) is 24.9 Å². The summed E-state index contributed by atoms with van der Waals surface area (Å²) in [5, 5.41) is 10.1. The summed E-state index contributed by atoms with van der Waals surface area (Å²) in [7, 11) is 0. The van der Waals surface area contributed by atoms with Crippen molar-refractivity contribution in [3.63, 3.8) is 0 Å². The summed E-state index contributed by atoms with van der Waals surface area (Å²) in [5.41, 5.74) is 4.27. The molecule has 27 heavy (non-hydrogen) atoms. The predicted octanol–water partition coefficient (Wildman–Crippen LogP) is 3.16. The lowest BCUT2D eigenvalue weighted by atomic mass is 10.2. The van der Waals surface area contributed by atoms with Gasteiger partial charge in [0, 0.05) is 30.6 Å². The second-order valence-electron chi connectivity index (χ2n) is 6.03. The maximum absolute atomic E-state index is 12.1. The molecule has 3 aromatic heterocycles. The average molecular weight is 358 g/mol. The minimum absolute atomic E-state index is 0.277. The highest BCUT2D eigenvalue weighted by molar-refractivity contribution is 5.89. The van der Waals surface area contributed by atoms with E-state index in [1.807, 2.05) is 48.5 Å². The smallest absolute Gasteiger partial charge is 0.319 e. The summed E-state index contributed by atoms with van der Waals surface area (Å²) in [6, 6.07) is 15.4. The third kappa shape index (κ3) is 4.09. The van der Waals surface area contributed by atoms with Gasteiger partial charge in [-0.05, 0) is 24.1 Å². The van der Waals surface area contributed by atoms with E-state index in [2.05, 4.69) is 25.7 Å². The molecule has 0 saturated heterocycles. The van der Waals surface area contributed by atoms with Crippen molar-refractivity contribution in [2.45, 2.75) is 6.42 Å². The van der Waals surface area contributed by atoms with Gasteiger partial charge in [0.1, 0.15) is 0 Å². The van der Waals surface area contributed by atoms with E-state index in [-0.39, 0.29) is 6.03 Å². The number of carbonyl (C=O) groups excluding carboxylic acids is 1. The first-order valence-corrected chi connectivity index (χ1v) is 8.62. The van der Waals surface area contributed by atoms with Crippen LogP contribution in [0, 0.1) is 0 Å². The average Bonchev–Trinajstić information content (AvgIpc) is 3.13. The van der Waals surface area contributed by atoms with Crippen molar-refractivity contribution in [3.8, 4) is 11.3 Å². The van der Waals surface area contributed by atoms with Gasteiger partial charge in [0.15, 0.2) is 5.65 Å². The van der Waals surface area contributed by atoms with Gasteiger partial charge in [0.25, 0.3) is 0 Å². The predicted molar refractivity (Wildman–Crippen MR) is 103 cm³/mol. The molecule has 0 aliphatic heterocycles. The molecule has 3 heterocycles. The molecule has 0 aliphatic carbocycles. The van der Waals surface area contributed by atoms with Gasteiger partial charge in [-0.2, -0.15) is 5.10 Å².